The quantitative estimate of drug-likeness (QED) is 0.845. The Kier molecular flexibility index (Phi) is 3.81. The molecule has 1 saturated heterocycles. The lowest BCUT2D eigenvalue weighted by Gasteiger charge is -2.37. The summed E-state index contributed by atoms with van der Waals surface area (Å²) in [6, 6.07) is 8.08. The second-order valence-electron chi connectivity index (χ2n) is 6.08. The Morgan fingerprint density at radius 3 is 2.48 bits per heavy atom. The van der Waals surface area contributed by atoms with E-state index < -0.39 is 0 Å². The fourth-order valence-corrected chi connectivity index (χ4v) is 2.89. The first-order valence-corrected chi connectivity index (χ1v) is 7.60. The molecule has 3 nitrogen and oxygen atoms in total. The van der Waals surface area contributed by atoms with E-state index in [-0.39, 0.29) is 5.82 Å². The fraction of sp³-hybridized carbons (Fsp3) is 0.471. The molecular formula is C17H22FN3. The Morgan fingerprint density at radius 1 is 1.10 bits per heavy atom. The highest BCUT2D eigenvalue weighted by Crippen LogP contribution is 2.22. The molecule has 112 valence electrons. The molecule has 0 radical (unpaired) electrons. The van der Waals surface area contributed by atoms with Crippen LogP contribution in [0.1, 0.15) is 19.4 Å². The van der Waals surface area contributed by atoms with Gasteiger partial charge < -0.3 is 4.90 Å². The van der Waals surface area contributed by atoms with E-state index in [2.05, 4.69) is 28.6 Å². The maximum Gasteiger partial charge on any atom is 0.129 e. The number of hydrogen-bond donors (Lipinski definition) is 0. The minimum Gasteiger partial charge on any atom is -0.354 e. The standard InChI is InChI=1S/C17H22FN3/c1-12(2)20-6-8-21(9-7-20)17-5-4-14-10-13(3)15(18)11-16(14)19-17/h4-5,10-12H,6-9H2,1-3H3. The monoisotopic (exact) mass is 287 g/mol. The lowest BCUT2D eigenvalue weighted by atomic mass is 10.1. The molecule has 0 bridgehead atoms. The molecule has 1 aromatic carbocycles. The average Bonchev–Trinajstić information content (AvgIpc) is 2.48. The summed E-state index contributed by atoms with van der Waals surface area (Å²) in [4.78, 5) is 9.40. The van der Waals surface area contributed by atoms with E-state index in [1.165, 1.54) is 0 Å². The van der Waals surface area contributed by atoms with E-state index in [9.17, 15) is 4.39 Å². The number of rotatable bonds is 2. The normalized spacial score (nSPS) is 16.9. The number of benzene rings is 1. The molecule has 3 rings (SSSR count). The zero-order valence-corrected chi connectivity index (χ0v) is 12.9. The molecule has 0 atom stereocenters. The molecular weight excluding hydrogens is 265 g/mol. The number of fused-ring (bicyclic) bond motifs is 1. The van der Waals surface area contributed by atoms with Crippen molar-refractivity contribution in [2.45, 2.75) is 26.8 Å². The van der Waals surface area contributed by atoms with Gasteiger partial charge in [0.15, 0.2) is 0 Å². The maximum atomic E-state index is 13.7. The highest BCUT2D eigenvalue weighted by molar-refractivity contribution is 5.81. The second-order valence-corrected chi connectivity index (χ2v) is 6.08. The number of nitrogens with zero attached hydrogens (tertiary/aromatic N) is 3. The van der Waals surface area contributed by atoms with Gasteiger partial charge in [0.2, 0.25) is 0 Å². The zero-order valence-electron chi connectivity index (χ0n) is 12.9. The number of aromatic nitrogens is 1. The highest BCUT2D eigenvalue weighted by atomic mass is 19.1. The van der Waals surface area contributed by atoms with Crippen LogP contribution in [0.3, 0.4) is 0 Å². The van der Waals surface area contributed by atoms with Crippen LogP contribution in [0, 0.1) is 12.7 Å². The van der Waals surface area contributed by atoms with E-state index in [1.807, 2.05) is 18.2 Å². The Labute approximate surface area is 125 Å². The lowest BCUT2D eigenvalue weighted by molar-refractivity contribution is 0.209. The van der Waals surface area contributed by atoms with Gasteiger partial charge in [-0.05, 0) is 44.5 Å². The minimum atomic E-state index is -0.184. The average molecular weight is 287 g/mol. The number of aryl methyl sites for hydroxylation is 1. The summed E-state index contributed by atoms with van der Waals surface area (Å²) in [5.74, 6) is 0.769. The molecule has 1 aliphatic heterocycles. The Morgan fingerprint density at radius 2 is 1.81 bits per heavy atom. The lowest BCUT2D eigenvalue weighted by Crippen LogP contribution is -2.49. The van der Waals surface area contributed by atoms with E-state index in [0.29, 0.717) is 11.6 Å². The zero-order chi connectivity index (χ0) is 15.0. The van der Waals surface area contributed by atoms with E-state index in [1.54, 1.807) is 13.0 Å². The summed E-state index contributed by atoms with van der Waals surface area (Å²) in [7, 11) is 0. The first-order chi connectivity index (χ1) is 10.0. The van der Waals surface area contributed by atoms with Crippen LogP contribution in [0.25, 0.3) is 10.9 Å². The second kappa shape index (κ2) is 5.60. The summed E-state index contributed by atoms with van der Waals surface area (Å²) in [6.45, 7) is 10.3. The molecule has 0 amide bonds. The topological polar surface area (TPSA) is 19.4 Å². The van der Waals surface area contributed by atoms with Gasteiger partial charge in [0.25, 0.3) is 0 Å². The van der Waals surface area contributed by atoms with Gasteiger partial charge in [-0.25, -0.2) is 9.37 Å². The van der Waals surface area contributed by atoms with Crippen molar-refractivity contribution in [3.63, 3.8) is 0 Å². The SMILES string of the molecule is Cc1cc2ccc(N3CCN(C(C)C)CC3)nc2cc1F. The van der Waals surface area contributed by atoms with Gasteiger partial charge >= 0.3 is 0 Å². The van der Waals surface area contributed by atoms with Crippen molar-refractivity contribution >= 4 is 16.7 Å². The van der Waals surface area contributed by atoms with Crippen LogP contribution in [0.15, 0.2) is 24.3 Å². The van der Waals surface area contributed by atoms with Crippen LogP contribution < -0.4 is 4.90 Å². The summed E-state index contributed by atoms with van der Waals surface area (Å²) in [5.41, 5.74) is 1.41. The molecule has 2 heterocycles. The highest BCUT2D eigenvalue weighted by Gasteiger charge is 2.19. The van der Waals surface area contributed by atoms with Crippen molar-refractivity contribution in [1.82, 2.24) is 9.88 Å². The maximum absolute atomic E-state index is 13.7. The molecule has 0 unspecified atom stereocenters. The van der Waals surface area contributed by atoms with Gasteiger partial charge in [0.1, 0.15) is 11.6 Å². The third-order valence-corrected chi connectivity index (χ3v) is 4.32. The van der Waals surface area contributed by atoms with Crippen molar-refractivity contribution in [1.29, 1.82) is 0 Å². The predicted octanol–water partition coefficient (Wildman–Crippen LogP) is 3.21. The van der Waals surface area contributed by atoms with Gasteiger partial charge in [0.05, 0.1) is 5.52 Å². The van der Waals surface area contributed by atoms with Crippen molar-refractivity contribution in [2.75, 3.05) is 31.1 Å². The number of halogens is 1. The third kappa shape index (κ3) is 2.86. The first kappa shape index (κ1) is 14.3. The summed E-state index contributed by atoms with van der Waals surface area (Å²) in [5, 5.41) is 0.999. The van der Waals surface area contributed by atoms with Crippen LogP contribution in [0.2, 0.25) is 0 Å². The van der Waals surface area contributed by atoms with E-state index in [0.717, 1.165) is 42.9 Å². The van der Waals surface area contributed by atoms with Gasteiger partial charge in [-0.3, -0.25) is 4.90 Å². The summed E-state index contributed by atoms with van der Waals surface area (Å²) in [6.07, 6.45) is 0. The van der Waals surface area contributed by atoms with Gasteiger partial charge in [-0.2, -0.15) is 0 Å². The van der Waals surface area contributed by atoms with Crippen LogP contribution in [-0.2, 0) is 0 Å². The third-order valence-electron chi connectivity index (χ3n) is 4.32. The van der Waals surface area contributed by atoms with Gasteiger partial charge in [-0.1, -0.05) is 0 Å². The molecule has 1 aliphatic rings. The Hall–Kier alpha value is -1.68. The van der Waals surface area contributed by atoms with Crippen molar-refractivity contribution in [3.05, 3.63) is 35.6 Å². The molecule has 0 aliphatic carbocycles. The van der Waals surface area contributed by atoms with Crippen LogP contribution in [0.5, 0.6) is 0 Å². The van der Waals surface area contributed by atoms with E-state index in [4.69, 9.17) is 0 Å². The minimum absolute atomic E-state index is 0.184. The van der Waals surface area contributed by atoms with Crippen molar-refractivity contribution in [2.24, 2.45) is 0 Å². The summed E-state index contributed by atoms with van der Waals surface area (Å²) >= 11 is 0. The largest absolute Gasteiger partial charge is 0.354 e. The molecule has 0 saturated carbocycles. The van der Waals surface area contributed by atoms with Gasteiger partial charge in [0, 0.05) is 43.7 Å². The fourth-order valence-electron chi connectivity index (χ4n) is 2.89. The number of anilines is 1. The molecule has 1 aromatic heterocycles. The Bertz CT molecular complexity index is 646. The first-order valence-electron chi connectivity index (χ1n) is 7.60. The molecule has 2 aromatic rings. The number of piperazine rings is 1. The van der Waals surface area contributed by atoms with E-state index >= 15 is 0 Å². The van der Waals surface area contributed by atoms with Crippen LogP contribution in [-0.4, -0.2) is 42.1 Å². The van der Waals surface area contributed by atoms with Crippen molar-refractivity contribution in [3.8, 4) is 0 Å². The van der Waals surface area contributed by atoms with Crippen molar-refractivity contribution < 1.29 is 4.39 Å². The number of pyridine rings is 1. The summed E-state index contributed by atoms with van der Waals surface area (Å²) < 4.78 is 13.7. The van der Waals surface area contributed by atoms with Crippen LogP contribution >= 0.6 is 0 Å². The number of hydrogen-bond acceptors (Lipinski definition) is 3. The molecule has 1 fully saturated rings. The molecule has 0 N–H and O–H groups in total. The predicted molar refractivity (Wildman–Crippen MR) is 85.4 cm³/mol. The molecule has 21 heavy (non-hydrogen) atoms. The Balaban J connectivity index is 1.83. The van der Waals surface area contributed by atoms with Gasteiger partial charge in [-0.15, -0.1) is 0 Å². The smallest absolute Gasteiger partial charge is 0.129 e. The van der Waals surface area contributed by atoms with Crippen LogP contribution in [0.4, 0.5) is 10.2 Å². The molecule has 4 heteroatoms. The molecule has 0 spiro atoms.